The van der Waals surface area contributed by atoms with Gasteiger partial charge in [0.05, 0.1) is 18.6 Å². The van der Waals surface area contributed by atoms with Crippen molar-refractivity contribution in [3.05, 3.63) is 12.0 Å². The standard InChI is InChI=1S/C14H21N3/c1-2-10-17-11-16-13(14(17)15)12-8-6-4-3-5-7-9-12/h1,11-12H,3-10,15H2. The molecule has 0 atom stereocenters. The van der Waals surface area contributed by atoms with Crippen LogP contribution in [0.4, 0.5) is 5.82 Å². The molecule has 0 aliphatic heterocycles. The Bertz CT molecular complexity index is 392. The van der Waals surface area contributed by atoms with Gasteiger partial charge in [-0.2, -0.15) is 0 Å². The molecule has 0 unspecified atom stereocenters. The fourth-order valence-electron chi connectivity index (χ4n) is 2.68. The first-order chi connectivity index (χ1) is 8.33. The minimum absolute atomic E-state index is 0.519. The number of aromatic nitrogens is 2. The summed E-state index contributed by atoms with van der Waals surface area (Å²) in [5.41, 5.74) is 7.19. The Labute approximate surface area is 103 Å². The summed E-state index contributed by atoms with van der Waals surface area (Å²) in [5, 5.41) is 0. The third-order valence-corrected chi connectivity index (χ3v) is 3.66. The second-order valence-electron chi connectivity index (χ2n) is 4.89. The molecule has 3 heteroatoms. The van der Waals surface area contributed by atoms with Crippen molar-refractivity contribution in [3.8, 4) is 12.3 Å². The van der Waals surface area contributed by atoms with Gasteiger partial charge in [-0.1, -0.05) is 38.0 Å². The molecule has 2 rings (SSSR count). The maximum atomic E-state index is 6.12. The lowest BCUT2D eigenvalue weighted by Crippen LogP contribution is -2.07. The van der Waals surface area contributed by atoms with Crippen LogP contribution in [-0.4, -0.2) is 9.55 Å². The highest BCUT2D eigenvalue weighted by Crippen LogP contribution is 2.32. The summed E-state index contributed by atoms with van der Waals surface area (Å²) in [7, 11) is 0. The van der Waals surface area contributed by atoms with E-state index in [9.17, 15) is 0 Å². The van der Waals surface area contributed by atoms with Gasteiger partial charge in [0.1, 0.15) is 5.82 Å². The molecule has 1 aromatic heterocycles. The van der Waals surface area contributed by atoms with Crippen molar-refractivity contribution in [1.29, 1.82) is 0 Å². The molecule has 3 nitrogen and oxygen atoms in total. The normalized spacial score (nSPS) is 18.3. The summed E-state index contributed by atoms with van der Waals surface area (Å²) < 4.78 is 1.87. The molecule has 0 bridgehead atoms. The van der Waals surface area contributed by atoms with Crippen molar-refractivity contribution in [2.24, 2.45) is 0 Å². The average Bonchev–Trinajstić information content (AvgIpc) is 2.62. The molecule has 1 fully saturated rings. The molecule has 0 amide bonds. The number of anilines is 1. The van der Waals surface area contributed by atoms with Gasteiger partial charge >= 0.3 is 0 Å². The third-order valence-electron chi connectivity index (χ3n) is 3.66. The Morgan fingerprint density at radius 3 is 2.59 bits per heavy atom. The largest absolute Gasteiger partial charge is 0.384 e. The van der Waals surface area contributed by atoms with Crippen LogP contribution in [0.1, 0.15) is 56.6 Å². The number of nitrogens with two attached hydrogens (primary N) is 1. The molecule has 1 aliphatic carbocycles. The predicted molar refractivity (Wildman–Crippen MR) is 70.5 cm³/mol. The van der Waals surface area contributed by atoms with Crippen LogP contribution in [0, 0.1) is 12.3 Å². The topological polar surface area (TPSA) is 43.8 Å². The molecular weight excluding hydrogens is 210 g/mol. The molecular formula is C14H21N3. The van der Waals surface area contributed by atoms with E-state index in [1.807, 2.05) is 4.57 Å². The highest BCUT2D eigenvalue weighted by molar-refractivity contribution is 5.39. The summed E-state index contributed by atoms with van der Waals surface area (Å²) in [6.45, 7) is 0.519. The predicted octanol–water partition coefficient (Wildman–Crippen LogP) is 2.93. The lowest BCUT2D eigenvalue weighted by molar-refractivity contribution is 0.451. The quantitative estimate of drug-likeness (QED) is 0.795. The Morgan fingerprint density at radius 2 is 1.94 bits per heavy atom. The van der Waals surface area contributed by atoms with E-state index in [0.717, 1.165) is 11.5 Å². The van der Waals surface area contributed by atoms with Gasteiger partial charge in [0.15, 0.2) is 0 Å². The number of imidazole rings is 1. The monoisotopic (exact) mass is 231 g/mol. The summed E-state index contributed by atoms with van der Waals surface area (Å²) in [5.74, 6) is 3.91. The van der Waals surface area contributed by atoms with Crippen LogP contribution in [0.3, 0.4) is 0 Å². The minimum Gasteiger partial charge on any atom is -0.384 e. The fourth-order valence-corrected chi connectivity index (χ4v) is 2.68. The van der Waals surface area contributed by atoms with E-state index in [4.69, 9.17) is 12.2 Å². The maximum absolute atomic E-state index is 6.12. The van der Waals surface area contributed by atoms with E-state index in [1.165, 1.54) is 44.9 Å². The molecule has 17 heavy (non-hydrogen) atoms. The highest BCUT2D eigenvalue weighted by atomic mass is 15.1. The molecule has 0 spiro atoms. The van der Waals surface area contributed by atoms with Crippen molar-refractivity contribution < 1.29 is 0 Å². The van der Waals surface area contributed by atoms with Gasteiger partial charge in [-0.15, -0.1) is 6.42 Å². The third kappa shape index (κ3) is 2.82. The zero-order chi connectivity index (χ0) is 12.1. The van der Waals surface area contributed by atoms with Crippen LogP contribution in [0.2, 0.25) is 0 Å². The van der Waals surface area contributed by atoms with Gasteiger partial charge in [-0.05, 0) is 12.8 Å². The number of nitrogens with zero attached hydrogens (tertiary/aromatic N) is 2. The van der Waals surface area contributed by atoms with Crippen molar-refractivity contribution >= 4 is 5.82 Å². The van der Waals surface area contributed by atoms with Crippen molar-refractivity contribution in [2.45, 2.75) is 57.4 Å². The van der Waals surface area contributed by atoms with Crippen LogP contribution in [-0.2, 0) is 6.54 Å². The number of hydrogen-bond donors (Lipinski definition) is 1. The first kappa shape index (κ1) is 12.0. The van der Waals surface area contributed by atoms with Gasteiger partial charge in [0.2, 0.25) is 0 Å². The molecule has 1 saturated carbocycles. The molecule has 1 aliphatic rings. The zero-order valence-corrected chi connectivity index (χ0v) is 10.4. The highest BCUT2D eigenvalue weighted by Gasteiger charge is 2.19. The number of nitrogen functional groups attached to an aromatic ring is 1. The maximum Gasteiger partial charge on any atom is 0.127 e. The Kier molecular flexibility index (Phi) is 4.08. The zero-order valence-electron chi connectivity index (χ0n) is 10.4. The molecule has 92 valence electrons. The SMILES string of the molecule is C#CCn1cnc(C2CCCCCCC2)c1N. The fraction of sp³-hybridized carbons (Fsp3) is 0.643. The van der Waals surface area contributed by atoms with Crippen LogP contribution in [0.5, 0.6) is 0 Å². The Hall–Kier alpha value is -1.43. The van der Waals surface area contributed by atoms with Gasteiger partial charge in [-0.25, -0.2) is 4.98 Å². The summed E-state index contributed by atoms with van der Waals surface area (Å²) in [6, 6.07) is 0. The lowest BCUT2D eigenvalue weighted by atomic mass is 9.89. The van der Waals surface area contributed by atoms with E-state index in [0.29, 0.717) is 12.5 Å². The van der Waals surface area contributed by atoms with E-state index in [-0.39, 0.29) is 0 Å². The Balaban J connectivity index is 2.11. The van der Waals surface area contributed by atoms with E-state index in [1.54, 1.807) is 6.33 Å². The lowest BCUT2D eigenvalue weighted by Gasteiger charge is -2.18. The van der Waals surface area contributed by atoms with Gasteiger partial charge in [0.25, 0.3) is 0 Å². The summed E-state index contributed by atoms with van der Waals surface area (Å²) in [6.07, 6.45) is 16.2. The van der Waals surface area contributed by atoms with Crippen LogP contribution in [0.15, 0.2) is 6.33 Å². The summed E-state index contributed by atoms with van der Waals surface area (Å²) >= 11 is 0. The molecule has 1 aromatic rings. The first-order valence-electron chi connectivity index (χ1n) is 6.57. The van der Waals surface area contributed by atoms with Crippen LogP contribution < -0.4 is 5.73 Å². The van der Waals surface area contributed by atoms with Crippen molar-refractivity contribution in [3.63, 3.8) is 0 Å². The van der Waals surface area contributed by atoms with Crippen molar-refractivity contribution in [1.82, 2.24) is 9.55 Å². The van der Waals surface area contributed by atoms with Crippen LogP contribution in [0.25, 0.3) is 0 Å². The first-order valence-corrected chi connectivity index (χ1v) is 6.57. The van der Waals surface area contributed by atoms with Gasteiger partial charge in [0, 0.05) is 5.92 Å². The number of hydrogen-bond acceptors (Lipinski definition) is 2. The second-order valence-corrected chi connectivity index (χ2v) is 4.89. The minimum atomic E-state index is 0.519. The van der Waals surface area contributed by atoms with Gasteiger partial charge in [-0.3, -0.25) is 0 Å². The average molecular weight is 231 g/mol. The number of rotatable bonds is 2. The number of terminal acetylenes is 1. The van der Waals surface area contributed by atoms with Crippen molar-refractivity contribution in [2.75, 3.05) is 5.73 Å². The molecule has 0 aromatic carbocycles. The smallest absolute Gasteiger partial charge is 0.127 e. The Morgan fingerprint density at radius 1 is 1.29 bits per heavy atom. The van der Waals surface area contributed by atoms with Gasteiger partial charge < -0.3 is 10.3 Å². The van der Waals surface area contributed by atoms with Crippen LogP contribution >= 0.6 is 0 Å². The van der Waals surface area contributed by atoms with E-state index < -0.39 is 0 Å². The molecule has 0 saturated heterocycles. The van der Waals surface area contributed by atoms with E-state index >= 15 is 0 Å². The molecule has 2 N–H and O–H groups in total. The second kappa shape index (κ2) is 5.77. The molecule has 0 radical (unpaired) electrons. The molecule has 1 heterocycles. The van der Waals surface area contributed by atoms with E-state index in [2.05, 4.69) is 10.9 Å². The summed E-state index contributed by atoms with van der Waals surface area (Å²) in [4.78, 5) is 4.47.